The minimum atomic E-state index is 0.143. The van der Waals surface area contributed by atoms with Gasteiger partial charge in [-0.15, -0.1) is 0 Å². The van der Waals surface area contributed by atoms with Crippen molar-refractivity contribution in [3.8, 4) is 0 Å². The van der Waals surface area contributed by atoms with Gasteiger partial charge in [0.2, 0.25) is 5.91 Å². The highest BCUT2D eigenvalue weighted by Gasteiger charge is 2.24. The fourth-order valence-electron chi connectivity index (χ4n) is 3.12. The molecule has 1 N–H and O–H groups in total. The minimum absolute atomic E-state index is 0.143. The van der Waals surface area contributed by atoms with Crippen molar-refractivity contribution in [3.63, 3.8) is 0 Å². The van der Waals surface area contributed by atoms with Gasteiger partial charge >= 0.3 is 0 Å². The lowest BCUT2D eigenvalue weighted by Crippen LogP contribution is -2.41. The summed E-state index contributed by atoms with van der Waals surface area (Å²) in [5.74, 6) is 0.823. The van der Waals surface area contributed by atoms with Gasteiger partial charge in [0, 0.05) is 12.5 Å². The number of aromatic nitrogens is 3. The summed E-state index contributed by atoms with van der Waals surface area (Å²) in [5.41, 5.74) is 0. The third-order valence-electron chi connectivity index (χ3n) is 4.20. The van der Waals surface area contributed by atoms with E-state index >= 15 is 0 Å². The number of hydrogen-bond donors (Lipinski definition) is 1. The molecule has 0 saturated heterocycles. The second kappa shape index (κ2) is 8.02. The summed E-state index contributed by atoms with van der Waals surface area (Å²) in [4.78, 5) is 16.0. The molecule has 5 nitrogen and oxygen atoms in total. The third-order valence-corrected chi connectivity index (χ3v) is 4.20. The molecule has 0 aromatic carbocycles. The van der Waals surface area contributed by atoms with E-state index in [0.717, 1.165) is 12.8 Å². The predicted octanol–water partition coefficient (Wildman–Crippen LogP) is 2.53. The second-order valence-corrected chi connectivity index (χ2v) is 5.77. The predicted molar refractivity (Wildman–Crippen MR) is 78.1 cm³/mol. The maximum atomic E-state index is 12.1. The van der Waals surface area contributed by atoms with Gasteiger partial charge in [-0.3, -0.25) is 9.48 Å². The van der Waals surface area contributed by atoms with E-state index < -0.39 is 0 Å². The molecular weight excluding hydrogens is 252 g/mol. The molecule has 1 amide bonds. The Labute approximate surface area is 121 Å². The number of hydrogen-bond acceptors (Lipinski definition) is 3. The van der Waals surface area contributed by atoms with Crippen LogP contribution in [0.2, 0.25) is 0 Å². The van der Waals surface area contributed by atoms with Crippen molar-refractivity contribution in [2.45, 2.75) is 70.9 Å². The summed E-state index contributed by atoms with van der Waals surface area (Å²) in [6.45, 7) is 2.80. The van der Waals surface area contributed by atoms with E-state index in [-0.39, 0.29) is 5.91 Å². The molecule has 0 unspecified atom stereocenters. The van der Waals surface area contributed by atoms with E-state index in [9.17, 15) is 4.79 Å². The first kappa shape index (κ1) is 15.0. The molecule has 0 bridgehead atoms. The van der Waals surface area contributed by atoms with E-state index in [0.29, 0.717) is 24.9 Å². The van der Waals surface area contributed by atoms with Crippen LogP contribution in [0, 0.1) is 5.92 Å². The first-order valence-corrected chi connectivity index (χ1v) is 7.91. The van der Waals surface area contributed by atoms with E-state index in [1.54, 1.807) is 11.0 Å². The highest BCUT2D eigenvalue weighted by atomic mass is 16.1. The van der Waals surface area contributed by atoms with E-state index in [1.807, 2.05) is 0 Å². The summed E-state index contributed by atoms with van der Waals surface area (Å²) in [5, 5.41) is 7.27. The Morgan fingerprint density at radius 2 is 2.20 bits per heavy atom. The molecule has 0 spiro atoms. The molecule has 20 heavy (non-hydrogen) atoms. The van der Waals surface area contributed by atoms with Crippen LogP contribution in [-0.2, 0) is 11.3 Å². The van der Waals surface area contributed by atoms with Crippen LogP contribution in [0.15, 0.2) is 12.7 Å². The quantitative estimate of drug-likeness (QED) is 0.833. The van der Waals surface area contributed by atoms with Crippen molar-refractivity contribution in [2.24, 2.45) is 5.92 Å². The van der Waals surface area contributed by atoms with Gasteiger partial charge in [0.05, 0.1) is 6.54 Å². The maximum absolute atomic E-state index is 12.1. The first-order valence-electron chi connectivity index (χ1n) is 7.91. The molecule has 1 aromatic rings. The lowest BCUT2D eigenvalue weighted by atomic mass is 9.82. The fourth-order valence-corrected chi connectivity index (χ4v) is 3.12. The Kier molecular flexibility index (Phi) is 6.02. The Bertz CT molecular complexity index is 385. The molecule has 5 heteroatoms. The molecular formula is C15H26N4O. The zero-order valence-electron chi connectivity index (χ0n) is 12.4. The average Bonchev–Trinajstić information content (AvgIpc) is 2.99. The van der Waals surface area contributed by atoms with E-state index in [1.165, 1.54) is 38.4 Å². The Hall–Kier alpha value is -1.39. The lowest BCUT2D eigenvalue weighted by molar-refractivity contribution is -0.122. The number of rotatable bonds is 7. The van der Waals surface area contributed by atoms with Crippen molar-refractivity contribution in [1.29, 1.82) is 0 Å². The molecule has 1 atom stereocenters. The van der Waals surface area contributed by atoms with E-state index in [4.69, 9.17) is 0 Å². The highest BCUT2D eigenvalue weighted by molar-refractivity contribution is 5.76. The van der Waals surface area contributed by atoms with E-state index in [2.05, 4.69) is 22.3 Å². The SMILES string of the molecule is CCC[C@H](NC(=O)CCn1cncn1)C1CCCCC1. The van der Waals surface area contributed by atoms with Crippen LogP contribution in [0.3, 0.4) is 0 Å². The lowest BCUT2D eigenvalue weighted by Gasteiger charge is -2.31. The van der Waals surface area contributed by atoms with Gasteiger partial charge in [-0.1, -0.05) is 32.6 Å². The molecule has 1 aromatic heterocycles. The topological polar surface area (TPSA) is 59.8 Å². The van der Waals surface area contributed by atoms with Crippen LogP contribution in [0.1, 0.15) is 58.3 Å². The zero-order chi connectivity index (χ0) is 14.2. The molecule has 112 valence electrons. The van der Waals surface area contributed by atoms with Gasteiger partial charge in [0.15, 0.2) is 0 Å². The molecule has 1 aliphatic rings. The molecule has 2 rings (SSSR count). The summed E-state index contributed by atoms with van der Waals surface area (Å²) in [6, 6.07) is 0.364. The summed E-state index contributed by atoms with van der Waals surface area (Å²) >= 11 is 0. The smallest absolute Gasteiger partial charge is 0.222 e. The van der Waals surface area contributed by atoms with Crippen LogP contribution in [0.4, 0.5) is 0 Å². The summed E-state index contributed by atoms with van der Waals surface area (Å²) in [7, 11) is 0. The number of carbonyl (C=O) groups is 1. The van der Waals surface area contributed by atoms with Crippen molar-refractivity contribution < 1.29 is 4.79 Å². The summed E-state index contributed by atoms with van der Waals surface area (Å²) in [6.07, 6.45) is 12.4. The molecule has 1 heterocycles. The molecule has 0 radical (unpaired) electrons. The van der Waals surface area contributed by atoms with Crippen molar-refractivity contribution in [3.05, 3.63) is 12.7 Å². The molecule has 1 aliphatic carbocycles. The van der Waals surface area contributed by atoms with Gasteiger partial charge < -0.3 is 5.32 Å². The fraction of sp³-hybridized carbons (Fsp3) is 0.800. The standard InChI is InChI=1S/C15H26N4O/c1-2-6-14(13-7-4-3-5-8-13)18-15(20)9-10-19-12-16-11-17-19/h11-14H,2-10H2,1H3,(H,18,20)/t14-/m0/s1. The largest absolute Gasteiger partial charge is 0.353 e. The van der Waals surface area contributed by atoms with Crippen LogP contribution in [0.5, 0.6) is 0 Å². The van der Waals surface area contributed by atoms with Crippen LogP contribution in [-0.4, -0.2) is 26.7 Å². The molecule has 0 aliphatic heterocycles. The van der Waals surface area contributed by atoms with Crippen molar-refractivity contribution in [1.82, 2.24) is 20.1 Å². The summed E-state index contributed by atoms with van der Waals surface area (Å²) < 4.78 is 1.70. The van der Waals surface area contributed by atoms with Gasteiger partial charge in [-0.25, -0.2) is 4.98 Å². The van der Waals surface area contributed by atoms with Crippen LogP contribution < -0.4 is 5.32 Å². The number of amides is 1. The van der Waals surface area contributed by atoms with Crippen molar-refractivity contribution >= 4 is 5.91 Å². The van der Waals surface area contributed by atoms with Gasteiger partial charge in [-0.05, 0) is 25.2 Å². The highest BCUT2D eigenvalue weighted by Crippen LogP contribution is 2.28. The maximum Gasteiger partial charge on any atom is 0.222 e. The number of nitrogens with zero attached hydrogens (tertiary/aromatic N) is 3. The normalized spacial score (nSPS) is 17.9. The van der Waals surface area contributed by atoms with Crippen molar-refractivity contribution in [2.75, 3.05) is 0 Å². The monoisotopic (exact) mass is 278 g/mol. The average molecular weight is 278 g/mol. The number of carbonyl (C=O) groups excluding carboxylic acids is 1. The number of aryl methyl sites for hydroxylation is 1. The second-order valence-electron chi connectivity index (χ2n) is 5.77. The minimum Gasteiger partial charge on any atom is -0.353 e. The zero-order valence-corrected chi connectivity index (χ0v) is 12.4. The first-order chi connectivity index (χ1) is 9.79. The third kappa shape index (κ3) is 4.62. The Morgan fingerprint density at radius 1 is 1.40 bits per heavy atom. The van der Waals surface area contributed by atoms with Gasteiger partial charge in [-0.2, -0.15) is 5.10 Å². The van der Waals surface area contributed by atoms with Gasteiger partial charge in [0.1, 0.15) is 12.7 Å². The Morgan fingerprint density at radius 3 is 2.85 bits per heavy atom. The number of nitrogens with one attached hydrogen (secondary N) is 1. The van der Waals surface area contributed by atoms with Gasteiger partial charge in [0.25, 0.3) is 0 Å². The molecule has 1 saturated carbocycles. The van der Waals surface area contributed by atoms with Crippen LogP contribution >= 0.6 is 0 Å². The van der Waals surface area contributed by atoms with Crippen LogP contribution in [0.25, 0.3) is 0 Å². The Balaban J connectivity index is 1.78. The molecule has 1 fully saturated rings.